The molecule has 92 valence electrons. The number of hydrogen-bond donors (Lipinski definition) is 0. The molecule has 0 aliphatic carbocycles. The Balaban J connectivity index is 1.74. The second kappa shape index (κ2) is 4.54. The lowest BCUT2D eigenvalue weighted by Gasteiger charge is -2.33. The van der Waals surface area contributed by atoms with Crippen molar-refractivity contribution in [3.05, 3.63) is 12.1 Å². The van der Waals surface area contributed by atoms with Crippen LogP contribution in [0, 0.1) is 11.3 Å². The third-order valence-electron chi connectivity index (χ3n) is 3.05. The Hall–Kier alpha value is -2.27. The Morgan fingerprint density at radius 1 is 1.22 bits per heavy atom. The molecule has 0 N–H and O–H groups in total. The third kappa shape index (κ3) is 1.96. The fourth-order valence-electron chi connectivity index (χ4n) is 2.04. The summed E-state index contributed by atoms with van der Waals surface area (Å²) in [4.78, 5) is 4.31. The fraction of sp³-hybridized carbons (Fsp3) is 0.500. The average Bonchev–Trinajstić information content (AvgIpc) is 2.87. The van der Waals surface area contributed by atoms with E-state index < -0.39 is 0 Å². The van der Waals surface area contributed by atoms with Crippen LogP contribution in [0.4, 0.5) is 5.82 Å². The molecule has 8 heteroatoms. The molecule has 0 atom stereocenters. The smallest absolute Gasteiger partial charge is 0.200 e. The van der Waals surface area contributed by atoms with Gasteiger partial charge in [0.05, 0.1) is 12.6 Å². The molecule has 0 amide bonds. The summed E-state index contributed by atoms with van der Waals surface area (Å²) in [7, 11) is 0. The van der Waals surface area contributed by atoms with Crippen LogP contribution in [0.3, 0.4) is 0 Å². The normalized spacial score (nSPS) is 16.9. The summed E-state index contributed by atoms with van der Waals surface area (Å²) in [6.45, 7) is 3.98. The van der Waals surface area contributed by atoms with Gasteiger partial charge in [0.2, 0.25) is 0 Å². The molecule has 0 unspecified atom stereocenters. The number of fused-ring (bicyclic) bond motifs is 1. The van der Waals surface area contributed by atoms with E-state index in [-0.39, 0.29) is 0 Å². The zero-order chi connectivity index (χ0) is 12.4. The summed E-state index contributed by atoms with van der Waals surface area (Å²) in [6.07, 6.45) is 0. The summed E-state index contributed by atoms with van der Waals surface area (Å²) < 4.78 is 1.43. The lowest BCUT2D eigenvalue weighted by molar-refractivity contribution is 0.286. The van der Waals surface area contributed by atoms with Gasteiger partial charge >= 0.3 is 0 Å². The number of anilines is 1. The van der Waals surface area contributed by atoms with E-state index in [2.05, 4.69) is 36.5 Å². The van der Waals surface area contributed by atoms with Crippen molar-refractivity contribution in [3.8, 4) is 6.07 Å². The molecule has 1 saturated heterocycles. The van der Waals surface area contributed by atoms with Crippen molar-refractivity contribution in [1.82, 2.24) is 30.2 Å². The molecule has 2 aromatic rings. The molecular formula is C10H12N8. The minimum atomic E-state index is 0.493. The van der Waals surface area contributed by atoms with Crippen LogP contribution in [0.2, 0.25) is 0 Å². The van der Waals surface area contributed by atoms with Gasteiger partial charge in [0.25, 0.3) is 0 Å². The van der Waals surface area contributed by atoms with Gasteiger partial charge in [-0.1, -0.05) is 0 Å². The van der Waals surface area contributed by atoms with Crippen LogP contribution in [0.1, 0.15) is 0 Å². The van der Waals surface area contributed by atoms with Gasteiger partial charge in [-0.05, 0) is 22.6 Å². The van der Waals surface area contributed by atoms with E-state index in [0.29, 0.717) is 12.2 Å². The van der Waals surface area contributed by atoms with E-state index in [1.54, 1.807) is 0 Å². The highest BCUT2D eigenvalue weighted by Gasteiger charge is 2.18. The van der Waals surface area contributed by atoms with Crippen LogP contribution >= 0.6 is 0 Å². The van der Waals surface area contributed by atoms with Gasteiger partial charge in [0.15, 0.2) is 11.5 Å². The van der Waals surface area contributed by atoms with Crippen LogP contribution in [0.25, 0.3) is 5.65 Å². The van der Waals surface area contributed by atoms with Crippen LogP contribution < -0.4 is 4.90 Å². The highest BCUT2D eigenvalue weighted by Crippen LogP contribution is 2.13. The number of rotatable bonds is 2. The topological polar surface area (TPSA) is 86.2 Å². The second-order valence-corrected chi connectivity index (χ2v) is 4.14. The van der Waals surface area contributed by atoms with Crippen molar-refractivity contribution in [2.45, 2.75) is 0 Å². The summed E-state index contributed by atoms with van der Waals surface area (Å²) >= 11 is 0. The van der Waals surface area contributed by atoms with Crippen LogP contribution in [-0.4, -0.2) is 62.9 Å². The Kier molecular flexibility index (Phi) is 2.74. The third-order valence-corrected chi connectivity index (χ3v) is 3.05. The largest absolute Gasteiger partial charge is 0.353 e. The van der Waals surface area contributed by atoms with Gasteiger partial charge in [-0.2, -0.15) is 5.26 Å². The van der Waals surface area contributed by atoms with E-state index in [1.807, 2.05) is 12.1 Å². The summed E-state index contributed by atoms with van der Waals surface area (Å²) in [5.41, 5.74) is 0.641. The molecular weight excluding hydrogens is 232 g/mol. The van der Waals surface area contributed by atoms with Crippen LogP contribution in [0.15, 0.2) is 12.1 Å². The fourth-order valence-corrected chi connectivity index (χ4v) is 2.04. The molecule has 3 heterocycles. The Morgan fingerprint density at radius 2 is 2.06 bits per heavy atom. The molecule has 8 nitrogen and oxygen atoms in total. The van der Waals surface area contributed by atoms with Crippen LogP contribution in [-0.2, 0) is 0 Å². The SMILES string of the molecule is N#CCN1CCN(c2ccc3nnnn3n2)CC1. The molecule has 3 rings (SSSR count). The van der Waals surface area contributed by atoms with Crippen molar-refractivity contribution >= 4 is 11.5 Å². The first-order chi connectivity index (χ1) is 8.86. The number of hydrogen-bond acceptors (Lipinski definition) is 7. The monoisotopic (exact) mass is 244 g/mol. The van der Waals surface area contributed by atoms with Crippen molar-refractivity contribution in [2.75, 3.05) is 37.6 Å². The van der Waals surface area contributed by atoms with E-state index in [9.17, 15) is 0 Å². The molecule has 1 fully saturated rings. The van der Waals surface area contributed by atoms with Crippen molar-refractivity contribution in [3.63, 3.8) is 0 Å². The molecule has 1 aliphatic heterocycles. The second-order valence-electron chi connectivity index (χ2n) is 4.14. The van der Waals surface area contributed by atoms with E-state index in [1.165, 1.54) is 4.63 Å². The summed E-state index contributed by atoms with van der Waals surface area (Å²) in [5, 5.41) is 24.2. The lowest BCUT2D eigenvalue weighted by atomic mass is 10.3. The molecule has 0 spiro atoms. The number of tetrazole rings is 1. The molecule has 0 radical (unpaired) electrons. The zero-order valence-electron chi connectivity index (χ0n) is 9.77. The molecule has 2 aromatic heterocycles. The van der Waals surface area contributed by atoms with Gasteiger partial charge in [-0.15, -0.1) is 14.8 Å². The maximum atomic E-state index is 8.65. The maximum absolute atomic E-state index is 8.65. The first-order valence-corrected chi connectivity index (χ1v) is 5.76. The Bertz CT molecular complexity index is 577. The predicted molar refractivity (Wildman–Crippen MR) is 62.8 cm³/mol. The van der Waals surface area contributed by atoms with Crippen LogP contribution in [0.5, 0.6) is 0 Å². The number of nitriles is 1. The van der Waals surface area contributed by atoms with Gasteiger partial charge in [-0.25, -0.2) is 0 Å². The van der Waals surface area contributed by atoms with E-state index >= 15 is 0 Å². The van der Waals surface area contributed by atoms with Crippen molar-refractivity contribution < 1.29 is 0 Å². The average molecular weight is 244 g/mol. The molecule has 18 heavy (non-hydrogen) atoms. The van der Waals surface area contributed by atoms with Crippen molar-refractivity contribution in [2.24, 2.45) is 0 Å². The minimum absolute atomic E-state index is 0.493. The minimum Gasteiger partial charge on any atom is -0.353 e. The predicted octanol–water partition coefficient (Wildman–Crippen LogP) is -0.835. The summed E-state index contributed by atoms with van der Waals surface area (Å²) in [5.74, 6) is 0.867. The lowest BCUT2D eigenvalue weighted by Crippen LogP contribution is -2.46. The molecule has 1 aliphatic rings. The molecule has 0 bridgehead atoms. The quantitative estimate of drug-likeness (QED) is 0.637. The van der Waals surface area contributed by atoms with E-state index in [4.69, 9.17) is 5.26 Å². The van der Waals surface area contributed by atoms with Gasteiger partial charge in [0, 0.05) is 26.2 Å². The van der Waals surface area contributed by atoms with E-state index in [0.717, 1.165) is 32.0 Å². The summed E-state index contributed by atoms with van der Waals surface area (Å²) in [6, 6.07) is 5.95. The zero-order valence-corrected chi connectivity index (χ0v) is 9.77. The number of nitrogens with zero attached hydrogens (tertiary/aromatic N) is 8. The van der Waals surface area contributed by atoms with Crippen molar-refractivity contribution in [1.29, 1.82) is 5.26 Å². The maximum Gasteiger partial charge on any atom is 0.200 e. The first kappa shape index (κ1) is 10.9. The van der Waals surface area contributed by atoms with Gasteiger partial charge < -0.3 is 4.90 Å². The Labute approximate surface area is 103 Å². The van der Waals surface area contributed by atoms with Gasteiger partial charge in [0.1, 0.15) is 0 Å². The highest BCUT2D eigenvalue weighted by atomic mass is 15.6. The number of aromatic nitrogens is 5. The standard InChI is InChI=1S/C10H12N8/c11-3-4-16-5-7-17(8-6-16)10-2-1-9-12-14-15-18(9)13-10/h1-2H,4-8H2. The van der Waals surface area contributed by atoms with Gasteiger partial charge in [-0.3, -0.25) is 4.90 Å². The number of piperazine rings is 1. The molecule has 0 aromatic carbocycles. The Morgan fingerprint density at radius 3 is 2.83 bits per heavy atom. The molecule has 0 saturated carbocycles. The highest BCUT2D eigenvalue weighted by molar-refractivity contribution is 5.44. The first-order valence-electron chi connectivity index (χ1n) is 5.76.